The molecule has 0 spiro atoms. The molecule has 1 N–H and O–H groups in total. The highest BCUT2D eigenvalue weighted by molar-refractivity contribution is 7.89. The van der Waals surface area contributed by atoms with Crippen LogP contribution >= 0.6 is 0 Å². The molecule has 18 heavy (non-hydrogen) atoms. The molecule has 0 saturated heterocycles. The minimum atomic E-state index is -3.56. The maximum atomic E-state index is 12.1. The van der Waals surface area contributed by atoms with Gasteiger partial charge < -0.3 is 0 Å². The van der Waals surface area contributed by atoms with Crippen molar-refractivity contribution >= 4 is 10.0 Å². The Labute approximate surface area is 108 Å². The zero-order valence-electron chi connectivity index (χ0n) is 10.8. The van der Waals surface area contributed by atoms with E-state index in [1.807, 2.05) is 19.9 Å². The van der Waals surface area contributed by atoms with Crippen LogP contribution in [0.15, 0.2) is 23.1 Å². The summed E-state index contributed by atoms with van der Waals surface area (Å²) in [6.45, 7) is 3.76. The first-order valence-corrected chi connectivity index (χ1v) is 7.71. The fourth-order valence-electron chi connectivity index (χ4n) is 2.27. The molecule has 0 heterocycles. The van der Waals surface area contributed by atoms with Crippen LogP contribution in [0.1, 0.15) is 36.8 Å². The van der Waals surface area contributed by atoms with Gasteiger partial charge in [-0.15, -0.1) is 0 Å². The lowest BCUT2D eigenvalue weighted by molar-refractivity contribution is 0.0223. The Morgan fingerprint density at radius 2 is 1.67 bits per heavy atom. The Morgan fingerprint density at radius 3 is 2.22 bits per heavy atom. The van der Waals surface area contributed by atoms with E-state index in [1.165, 1.54) is 0 Å². The predicted molar refractivity (Wildman–Crippen MR) is 69.6 cm³/mol. The maximum absolute atomic E-state index is 12.1. The SMILES string of the molecule is Cc1cc(C)cc(S(=O)(=O)NOC2CCCC2)c1. The maximum Gasteiger partial charge on any atom is 0.262 e. The lowest BCUT2D eigenvalue weighted by Gasteiger charge is -2.12. The molecule has 0 atom stereocenters. The highest BCUT2D eigenvalue weighted by atomic mass is 32.2. The van der Waals surface area contributed by atoms with Crippen molar-refractivity contribution in [2.75, 3.05) is 0 Å². The second-order valence-corrected chi connectivity index (χ2v) is 6.58. The summed E-state index contributed by atoms with van der Waals surface area (Å²) in [7, 11) is -3.56. The van der Waals surface area contributed by atoms with Crippen LogP contribution in [0, 0.1) is 13.8 Å². The molecule has 1 aliphatic rings. The lowest BCUT2D eigenvalue weighted by atomic mass is 10.2. The van der Waals surface area contributed by atoms with Gasteiger partial charge in [0.25, 0.3) is 10.0 Å². The largest absolute Gasteiger partial charge is 0.284 e. The number of hydrogen-bond donors (Lipinski definition) is 1. The number of nitrogens with one attached hydrogen (secondary N) is 1. The minimum absolute atomic E-state index is 0.0191. The summed E-state index contributed by atoms with van der Waals surface area (Å²) in [5.41, 5.74) is 1.85. The van der Waals surface area contributed by atoms with Gasteiger partial charge in [-0.1, -0.05) is 23.8 Å². The molecule has 0 bridgehead atoms. The number of benzene rings is 1. The number of aryl methyl sites for hydroxylation is 2. The van der Waals surface area contributed by atoms with E-state index >= 15 is 0 Å². The first-order valence-electron chi connectivity index (χ1n) is 6.23. The summed E-state index contributed by atoms with van der Waals surface area (Å²) in [5, 5.41) is 0. The van der Waals surface area contributed by atoms with Crippen molar-refractivity contribution in [2.45, 2.75) is 50.5 Å². The third kappa shape index (κ3) is 3.31. The Balaban J connectivity index is 2.09. The molecule has 0 aliphatic heterocycles. The molecule has 4 nitrogen and oxygen atoms in total. The zero-order chi connectivity index (χ0) is 13.2. The molecular weight excluding hydrogens is 250 g/mol. The van der Waals surface area contributed by atoms with Crippen molar-refractivity contribution < 1.29 is 13.3 Å². The fraction of sp³-hybridized carbons (Fsp3) is 0.538. The van der Waals surface area contributed by atoms with Gasteiger partial charge in [-0.25, -0.2) is 8.42 Å². The van der Waals surface area contributed by atoms with Crippen LogP contribution in [0.3, 0.4) is 0 Å². The smallest absolute Gasteiger partial charge is 0.262 e. The van der Waals surface area contributed by atoms with Crippen molar-refractivity contribution in [1.29, 1.82) is 0 Å². The van der Waals surface area contributed by atoms with Crippen LogP contribution in [0.25, 0.3) is 0 Å². The van der Waals surface area contributed by atoms with Crippen molar-refractivity contribution in [3.63, 3.8) is 0 Å². The van der Waals surface area contributed by atoms with Gasteiger partial charge in [0.05, 0.1) is 11.0 Å². The highest BCUT2D eigenvalue weighted by Crippen LogP contribution is 2.21. The van der Waals surface area contributed by atoms with E-state index in [-0.39, 0.29) is 11.0 Å². The van der Waals surface area contributed by atoms with Gasteiger partial charge in [0.1, 0.15) is 0 Å². The molecule has 5 heteroatoms. The molecular formula is C13H19NO3S. The monoisotopic (exact) mass is 269 g/mol. The summed E-state index contributed by atoms with van der Waals surface area (Å²) in [6, 6.07) is 5.23. The van der Waals surface area contributed by atoms with E-state index in [4.69, 9.17) is 4.84 Å². The van der Waals surface area contributed by atoms with E-state index in [1.54, 1.807) is 12.1 Å². The predicted octanol–water partition coefficient (Wildman–Crippen LogP) is 2.46. The van der Waals surface area contributed by atoms with Crippen LogP contribution in [0.2, 0.25) is 0 Å². The topological polar surface area (TPSA) is 55.4 Å². The van der Waals surface area contributed by atoms with E-state index in [2.05, 4.69) is 4.89 Å². The molecule has 0 radical (unpaired) electrons. The van der Waals surface area contributed by atoms with Gasteiger partial charge in [-0.2, -0.15) is 0 Å². The number of hydrogen-bond acceptors (Lipinski definition) is 3. The summed E-state index contributed by atoms with van der Waals surface area (Å²) >= 11 is 0. The van der Waals surface area contributed by atoms with E-state index in [0.29, 0.717) is 0 Å². The van der Waals surface area contributed by atoms with Crippen molar-refractivity contribution in [3.8, 4) is 0 Å². The van der Waals surface area contributed by atoms with Crippen molar-refractivity contribution in [3.05, 3.63) is 29.3 Å². The van der Waals surface area contributed by atoms with Crippen molar-refractivity contribution in [2.24, 2.45) is 0 Å². The van der Waals surface area contributed by atoms with Gasteiger partial charge in [-0.3, -0.25) is 4.84 Å². The van der Waals surface area contributed by atoms with Gasteiger partial charge in [0, 0.05) is 0 Å². The van der Waals surface area contributed by atoms with Crippen molar-refractivity contribution in [1.82, 2.24) is 4.89 Å². The Morgan fingerprint density at radius 1 is 1.11 bits per heavy atom. The third-order valence-electron chi connectivity index (χ3n) is 3.13. The first-order chi connectivity index (χ1) is 8.47. The molecule has 0 aromatic heterocycles. The average Bonchev–Trinajstić information content (AvgIpc) is 2.78. The Hall–Kier alpha value is -0.910. The first kappa shape index (κ1) is 13.5. The summed E-state index contributed by atoms with van der Waals surface area (Å²) in [6.07, 6.45) is 4.09. The van der Waals surface area contributed by atoms with Gasteiger partial charge >= 0.3 is 0 Å². The Bertz CT molecular complexity index is 499. The highest BCUT2D eigenvalue weighted by Gasteiger charge is 2.20. The average molecular weight is 269 g/mol. The van der Waals surface area contributed by atoms with E-state index in [9.17, 15) is 8.42 Å². The standard InChI is InChI=1S/C13H19NO3S/c1-10-7-11(2)9-13(8-10)18(15,16)14-17-12-5-3-4-6-12/h7-9,12,14H,3-6H2,1-2H3. The number of sulfonamides is 1. The van der Waals surface area contributed by atoms with Gasteiger partial charge in [0.15, 0.2) is 0 Å². The molecule has 0 amide bonds. The molecule has 0 unspecified atom stereocenters. The molecule has 2 rings (SSSR count). The van der Waals surface area contributed by atoms with Crippen LogP contribution in [-0.4, -0.2) is 14.5 Å². The van der Waals surface area contributed by atoms with E-state index < -0.39 is 10.0 Å². The summed E-state index contributed by atoms with van der Waals surface area (Å²) in [5.74, 6) is 0. The van der Waals surface area contributed by atoms with Gasteiger partial charge in [0.2, 0.25) is 0 Å². The third-order valence-corrected chi connectivity index (χ3v) is 4.30. The van der Waals surface area contributed by atoms with Crippen LogP contribution in [-0.2, 0) is 14.9 Å². The van der Waals surface area contributed by atoms with E-state index in [0.717, 1.165) is 36.8 Å². The van der Waals surface area contributed by atoms with Crippen LogP contribution in [0.4, 0.5) is 0 Å². The summed E-state index contributed by atoms with van der Waals surface area (Å²) in [4.78, 5) is 7.77. The molecule has 1 saturated carbocycles. The summed E-state index contributed by atoms with van der Waals surface area (Å²) < 4.78 is 24.1. The molecule has 1 fully saturated rings. The normalized spacial score (nSPS) is 17.2. The minimum Gasteiger partial charge on any atom is -0.284 e. The second-order valence-electron chi connectivity index (χ2n) is 4.93. The van der Waals surface area contributed by atoms with Gasteiger partial charge in [-0.05, 0) is 49.9 Å². The zero-order valence-corrected chi connectivity index (χ0v) is 11.6. The molecule has 100 valence electrons. The quantitative estimate of drug-likeness (QED) is 0.854. The van der Waals surface area contributed by atoms with Crippen LogP contribution in [0.5, 0.6) is 0 Å². The fourth-order valence-corrected chi connectivity index (χ4v) is 3.31. The second kappa shape index (κ2) is 5.38. The lowest BCUT2D eigenvalue weighted by Crippen LogP contribution is -2.28. The van der Waals surface area contributed by atoms with Crippen LogP contribution < -0.4 is 4.89 Å². The Kier molecular flexibility index (Phi) is 4.04. The molecule has 1 aromatic rings. The number of rotatable bonds is 4. The molecule has 1 aliphatic carbocycles. The molecule has 1 aromatic carbocycles.